The predicted molar refractivity (Wildman–Crippen MR) is 126 cm³/mol. The molecule has 0 saturated carbocycles. The number of anilines is 2. The maximum atomic E-state index is 13.1. The zero-order valence-corrected chi connectivity index (χ0v) is 19.4. The summed E-state index contributed by atoms with van der Waals surface area (Å²) in [5.74, 6) is -1.97. The van der Waals surface area contributed by atoms with Gasteiger partial charge < -0.3 is 10.4 Å². The number of carbonyl (C=O) groups excluding carboxylic acids is 3. The summed E-state index contributed by atoms with van der Waals surface area (Å²) in [5.41, 5.74) is 3.05. The molecule has 0 fully saturated rings. The van der Waals surface area contributed by atoms with E-state index in [1.807, 2.05) is 24.3 Å². The molecule has 2 aromatic carbocycles. The SMILES string of the molecule is CC(=O)Nc1ccc(N2C(=O)C(O)=C(C(=O)C(C)C)C2c2ccc(C(C)(C)C)cc2)cc1. The highest BCUT2D eigenvalue weighted by molar-refractivity contribution is 6.16. The highest BCUT2D eigenvalue weighted by Gasteiger charge is 2.44. The van der Waals surface area contributed by atoms with E-state index in [4.69, 9.17) is 0 Å². The summed E-state index contributed by atoms with van der Waals surface area (Å²) >= 11 is 0. The number of rotatable bonds is 5. The number of nitrogens with one attached hydrogen (secondary N) is 1. The summed E-state index contributed by atoms with van der Waals surface area (Å²) in [5, 5.41) is 13.4. The lowest BCUT2D eigenvalue weighted by atomic mass is 9.85. The maximum Gasteiger partial charge on any atom is 0.294 e. The van der Waals surface area contributed by atoms with Crippen LogP contribution < -0.4 is 10.2 Å². The lowest BCUT2D eigenvalue weighted by molar-refractivity contribution is -0.119. The molecule has 2 aromatic rings. The minimum Gasteiger partial charge on any atom is -0.503 e. The van der Waals surface area contributed by atoms with Crippen molar-refractivity contribution in [2.24, 2.45) is 5.92 Å². The van der Waals surface area contributed by atoms with Crippen molar-refractivity contribution >= 4 is 29.0 Å². The van der Waals surface area contributed by atoms with Crippen LogP contribution in [-0.2, 0) is 19.8 Å². The second kappa shape index (κ2) is 8.61. The Morgan fingerprint density at radius 2 is 1.56 bits per heavy atom. The number of nitrogens with zero attached hydrogens (tertiary/aromatic N) is 1. The Hall–Kier alpha value is -3.41. The molecular weight excluding hydrogens is 404 g/mol. The van der Waals surface area contributed by atoms with Gasteiger partial charge in [0.15, 0.2) is 11.5 Å². The summed E-state index contributed by atoms with van der Waals surface area (Å²) in [6, 6.07) is 13.8. The monoisotopic (exact) mass is 434 g/mol. The molecule has 0 aromatic heterocycles. The number of benzene rings is 2. The highest BCUT2D eigenvalue weighted by Crippen LogP contribution is 2.42. The summed E-state index contributed by atoms with van der Waals surface area (Å²) in [6.45, 7) is 11.3. The quantitative estimate of drug-likeness (QED) is 0.688. The molecule has 1 atom stereocenters. The zero-order chi connectivity index (χ0) is 23.8. The van der Waals surface area contributed by atoms with Gasteiger partial charge in [-0.15, -0.1) is 0 Å². The molecular formula is C26H30N2O4. The van der Waals surface area contributed by atoms with Crippen LogP contribution in [-0.4, -0.2) is 22.7 Å². The molecule has 1 heterocycles. The molecule has 1 aliphatic heterocycles. The van der Waals surface area contributed by atoms with E-state index in [0.29, 0.717) is 11.4 Å². The third-order valence-corrected chi connectivity index (χ3v) is 5.56. The molecule has 2 amide bonds. The zero-order valence-electron chi connectivity index (χ0n) is 19.4. The van der Waals surface area contributed by atoms with Gasteiger partial charge in [0.2, 0.25) is 5.91 Å². The van der Waals surface area contributed by atoms with Gasteiger partial charge in [-0.3, -0.25) is 19.3 Å². The smallest absolute Gasteiger partial charge is 0.294 e. The molecule has 0 saturated heterocycles. The summed E-state index contributed by atoms with van der Waals surface area (Å²) in [4.78, 5) is 38.9. The Labute approximate surface area is 188 Å². The van der Waals surface area contributed by atoms with Gasteiger partial charge in [0.05, 0.1) is 11.6 Å². The van der Waals surface area contributed by atoms with Gasteiger partial charge in [-0.1, -0.05) is 58.9 Å². The first-order valence-corrected chi connectivity index (χ1v) is 10.7. The number of hydrogen-bond acceptors (Lipinski definition) is 4. The van der Waals surface area contributed by atoms with Gasteiger partial charge in [0.25, 0.3) is 5.91 Å². The van der Waals surface area contributed by atoms with Crippen LogP contribution in [0.1, 0.15) is 58.7 Å². The number of hydrogen-bond donors (Lipinski definition) is 2. The molecule has 0 radical (unpaired) electrons. The second-order valence-corrected chi connectivity index (χ2v) is 9.46. The standard InChI is InChI=1S/C26H30N2O4/c1-15(2)23(30)21-22(17-7-9-18(10-8-17)26(4,5)6)28(25(32)24(21)31)20-13-11-19(12-14-20)27-16(3)29/h7-15,22,31H,1-6H3,(H,27,29). The molecule has 0 bridgehead atoms. The second-order valence-electron chi connectivity index (χ2n) is 9.46. The van der Waals surface area contributed by atoms with E-state index >= 15 is 0 Å². The third-order valence-electron chi connectivity index (χ3n) is 5.56. The molecule has 0 spiro atoms. The predicted octanol–water partition coefficient (Wildman–Crippen LogP) is 5.07. The van der Waals surface area contributed by atoms with Crippen LogP contribution in [0.2, 0.25) is 0 Å². The van der Waals surface area contributed by atoms with Crippen molar-refractivity contribution < 1.29 is 19.5 Å². The first-order chi connectivity index (χ1) is 14.9. The summed E-state index contributed by atoms with van der Waals surface area (Å²) in [6.07, 6.45) is 0. The van der Waals surface area contributed by atoms with Crippen molar-refractivity contribution in [1.82, 2.24) is 0 Å². The van der Waals surface area contributed by atoms with Gasteiger partial charge in [-0.25, -0.2) is 0 Å². The summed E-state index contributed by atoms with van der Waals surface area (Å²) in [7, 11) is 0. The van der Waals surface area contributed by atoms with E-state index in [0.717, 1.165) is 11.1 Å². The topological polar surface area (TPSA) is 86.7 Å². The fraction of sp³-hybridized carbons (Fsp3) is 0.346. The number of aliphatic hydroxyl groups excluding tert-OH is 1. The van der Waals surface area contributed by atoms with Crippen LogP contribution in [0.25, 0.3) is 0 Å². The number of ketones is 1. The van der Waals surface area contributed by atoms with Gasteiger partial charge >= 0.3 is 0 Å². The van der Waals surface area contributed by atoms with Gasteiger partial charge in [0, 0.05) is 24.2 Å². The van der Waals surface area contributed by atoms with E-state index < -0.39 is 17.7 Å². The van der Waals surface area contributed by atoms with E-state index in [-0.39, 0.29) is 28.6 Å². The number of amides is 2. The van der Waals surface area contributed by atoms with Gasteiger partial charge in [0.1, 0.15) is 0 Å². The molecule has 1 aliphatic rings. The van der Waals surface area contributed by atoms with Crippen LogP contribution in [0.5, 0.6) is 0 Å². The third kappa shape index (κ3) is 4.44. The lowest BCUT2D eigenvalue weighted by Gasteiger charge is -2.28. The van der Waals surface area contributed by atoms with E-state index in [1.165, 1.54) is 11.8 Å². The van der Waals surface area contributed by atoms with Crippen molar-refractivity contribution in [1.29, 1.82) is 0 Å². The van der Waals surface area contributed by atoms with Crippen LogP contribution >= 0.6 is 0 Å². The van der Waals surface area contributed by atoms with Crippen LogP contribution in [0, 0.1) is 5.92 Å². The Morgan fingerprint density at radius 1 is 1.00 bits per heavy atom. The molecule has 6 nitrogen and oxygen atoms in total. The van der Waals surface area contributed by atoms with Crippen molar-refractivity contribution in [3.8, 4) is 0 Å². The van der Waals surface area contributed by atoms with Crippen molar-refractivity contribution in [3.63, 3.8) is 0 Å². The average molecular weight is 435 g/mol. The summed E-state index contributed by atoms with van der Waals surface area (Å²) < 4.78 is 0. The average Bonchev–Trinajstić information content (AvgIpc) is 2.98. The molecule has 6 heteroatoms. The van der Waals surface area contributed by atoms with Crippen LogP contribution in [0.15, 0.2) is 59.9 Å². The van der Waals surface area contributed by atoms with Gasteiger partial charge in [-0.2, -0.15) is 0 Å². The molecule has 3 rings (SSSR count). The minimum absolute atomic E-state index is 0.0438. The van der Waals surface area contributed by atoms with E-state index in [1.54, 1.807) is 38.1 Å². The fourth-order valence-electron chi connectivity index (χ4n) is 3.82. The molecule has 32 heavy (non-hydrogen) atoms. The van der Waals surface area contributed by atoms with Crippen LogP contribution in [0.4, 0.5) is 11.4 Å². The van der Waals surface area contributed by atoms with Crippen LogP contribution in [0.3, 0.4) is 0 Å². The molecule has 1 unspecified atom stereocenters. The van der Waals surface area contributed by atoms with E-state index in [2.05, 4.69) is 26.1 Å². The number of aliphatic hydroxyl groups is 1. The van der Waals surface area contributed by atoms with Crippen molar-refractivity contribution in [2.75, 3.05) is 10.2 Å². The van der Waals surface area contributed by atoms with Crippen molar-refractivity contribution in [2.45, 2.75) is 53.0 Å². The number of carbonyl (C=O) groups is 3. The first-order valence-electron chi connectivity index (χ1n) is 10.7. The maximum absolute atomic E-state index is 13.1. The Kier molecular flexibility index (Phi) is 6.26. The molecule has 0 aliphatic carbocycles. The van der Waals surface area contributed by atoms with E-state index in [9.17, 15) is 19.5 Å². The van der Waals surface area contributed by atoms with Crippen molar-refractivity contribution in [3.05, 3.63) is 71.0 Å². The van der Waals surface area contributed by atoms with Gasteiger partial charge in [-0.05, 0) is 40.8 Å². The normalized spacial score (nSPS) is 16.7. The molecule has 168 valence electrons. The Balaban J connectivity index is 2.10. The Bertz CT molecular complexity index is 1070. The fourth-order valence-corrected chi connectivity index (χ4v) is 3.82. The lowest BCUT2D eigenvalue weighted by Crippen LogP contribution is -2.31. The first kappa shape index (κ1) is 23.3. The highest BCUT2D eigenvalue weighted by atomic mass is 16.3. The number of Topliss-reactive ketones (excluding diaryl/α,β-unsaturated/α-hetero) is 1. The Morgan fingerprint density at radius 3 is 2.03 bits per heavy atom. The largest absolute Gasteiger partial charge is 0.503 e. The molecule has 2 N–H and O–H groups in total. The minimum atomic E-state index is -0.738.